The summed E-state index contributed by atoms with van der Waals surface area (Å²) in [7, 11) is -2.27. The lowest BCUT2D eigenvalue weighted by Gasteiger charge is -2.23. The van der Waals surface area contributed by atoms with E-state index in [-0.39, 0.29) is 27.4 Å². The highest BCUT2D eigenvalue weighted by Gasteiger charge is 2.32. The Bertz CT molecular complexity index is 571. The van der Waals surface area contributed by atoms with Crippen LogP contribution in [0.1, 0.15) is 19.3 Å². The highest BCUT2D eigenvalue weighted by Crippen LogP contribution is 2.33. The second-order valence-electron chi connectivity index (χ2n) is 5.09. The van der Waals surface area contributed by atoms with E-state index in [0.717, 1.165) is 19.3 Å². The number of aliphatic hydroxyl groups is 1. The molecular formula is C13H17Cl2NO3S. The fourth-order valence-electron chi connectivity index (χ4n) is 2.54. The minimum Gasteiger partial charge on any atom is -0.393 e. The first kappa shape index (κ1) is 16.0. The van der Waals surface area contributed by atoms with Crippen molar-refractivity contribution in [3.63, 3.8) is 0 Å². The van der Waals surface area contributed by atoms with Crippen molar-refractivity contribution in [1.29, 1.82) is 0 Å². The van der Waals surface area contributed by atoms with E-state index in [1.54, 1.807) is 6.07 Å². The molecule has 1 aromatic carbocycles. The number of hydrogen-bond acceptors (Lipinski definition) is 3. The van der Waals surface area contributed by atoms with Crippen LogP contribution in [0, 0.1) is 5.92 Å². The standard InChI is InChI=1S/C13H17Cl2NO3S/c1-16(8-9-4-2-7-12(9)17)20(18,19)13-10(14)5-3-6-11(13)15/h3,5-6,9,12,17H,2,4,7-8H2,1H3. The van der Waals surface area contributed by atoms with Gasteiger partial charge in [0.25, 0.3) is 0 Å². The van der Waals surface area contributed by atoms with Crippen molar-refractivity contribution in [3.8, 4) is 0 Å². The highest BCUT2D eigenvalue weighted by molar-refractivity contribution is 7.89. The van der Waals surface area contributed by atoms with E-state index in [2.05, 4.69) is 0 Å². The zero-order valence-electron chi connectivity index (χ0n) is 11.1. The van der Waals surface area contributed by atoms with E-state index in [0.29, 0.717) is 0 Å². The molecule has 1 fully saturated rings. The summed E-state index contributed by atoms with van der Waals surface area (Å²) < 4.78 is 26.3. The SMILES string of the molecule is CN(CC1CCCC1O)S(=O)(=O)c1c(Cl)cccc1Cl. The number of aliphatic hydroxyl groups excluding tert-OH is 1. The topological polar surface area (TPSA) is 57.6 Å². The Hall–Kier alpha value is -0.330. The molecule has 0 radical (unpaired) electrons. The molecule has 1 aromatic rings. The molecule has 1 aliphatic rings. The summed E-state index contributed by atoms with van der Waals surface area (Å²) in [5, 5.41) is 10.0. The third-order valence-corrected chi connectivity index (χ3v) is 6.48. The molecule has 112 valence electrons. The highest BCUT2D eigenvalue weighted by atomic mass is 35.5. The van der Waals surface area contributed by atoms with Crippen molar-refractivity contribution in [2.24, 2.45) is 5.92 Å². The summed E-state index contributed by atoms with van der Waals surface area (Å²) in [4.78, 5) is -0.0710. The van der Waals surface area contributed by atoms with Gasteiger partial charge in [0.1, 0.15) is 4.90 Å². The van der Waals surface area contributed by atoms with Gasteiger partial charge in [0.2, 0.25) is 10.0 Å². The van der Waals surface area contributed by atoms with Crippen molar-refractivity contribution in [3.05, 3.63) is 28.2 Å². The average Bonchev–Trinajstić information content (AvgIpc) is 2.74. The van der Waals surface area contributed by atoms with Crippen molar-refractivity contribution >= 4 is 33.2 Å². The first-order chi connectivity index (χ1) is 9.34. The van der Waals surface area contributed by atoms with Gasteiger partial charge in [0.15, 0.2) is 0 Å². The second kappa shape index (κ2) is 6.20. The summed E-state index contributed by atoms with van der Waals surface area (Å²) in [6.07, 6.45) is 2.05. The van der Waals surface area contributed by atoms with E-state index in [1.807, 2.05) is 0 Å². The molecule has 1 N–H and O–H groups in total. The predicted molar refractivity (Wildman–Crippen MR) is 79.6 cm³/mol. The number of hydrogen-bond donors (Lipinski definition) is 1. The summed E-state index contributed by atoms with van der Waals surface area (Å²) in [6, 6.07) is 4.60. The van der Waals surface area contributed by atoms with Crippen LogP contribution in [0.15, 0.2) is 23.1 Å². The van der Waals surface area contributed by atoms with Crippen LogP contribution in [0.4, 0.5) is 0 Å². The Balaban J connectivity index is 2.26. The molecule has 1 aliphatic carbocycles. The quantitative estimate of drug-likeness (QED) is 0.918. The summed E-state index contributed by atoms with van der Waals surface area (Å²) >= 11 is 11.9. The van der Waals surface area contributed by atoms with Crippen molar-refractivity contribution in [2.75, 3.05) is 13.6 Å². The van der Waals surface area contributed by atoms with Crippen LogP contribution in [-0.2, 0) is 10.0 Å². The van der Waals surface area contributed by atoms with Gasteiger partial charge in [0.05, 0.1) is 16.1 Å². The number of sulfonamides is 1. The third-order valence-electron chi connectivity index (χ3n) is 3.70. The summed E-state index contributed by atoms with van der Waals surface area (Å²) in [6.45, 7) is 0.269. The predicted octanol–water partition coefficient (Wildman–Crippen LogP) is 2.77. The van der Waals surface area contributed by atoms with E-state index >= 15 is 0 Å². The lowest BCUT2D eigenvalue weighted by atomic mass is 10.1. The fraction of sp³-hybridized carbons (Fsp3) is 0.538. The third kappa shape index (κ3) is 3.12. The molecule has 0 aliphatic heterocycles. The molecule has 2 rings (SSSR count). The zero-order chi connectivity index (χ0) is 14.9. The van der Waals surface area contributed by atoms with Crippen molar-refractivity contribution in [2.45, 2.75) is 30.3 Å². The Morgan fingerprint density at radius 2 is 1.90 bits per heavy atom. The van der Waals surface area contributed by atoms with Gasteiger partial charge in [0, 0.05) is 13.6 Å². The van der Waals surface area contributed by atoms with Crippen LogP contribution in [0.25, 0.3) is 0 Å². The zero-order valence-corrected chi connectivity index (χ0v) is 13.4. The van der Waals surface area contributed by atoms with Crippen LogP contribution in [0.5, 0.6) is 0 Å². The monoisotopic (exact) mass is 337 g/mol. The van der Waals surface area contributed by atoms with Crippen molar-refractivity contribution in [1.82, 2.24) is 4.31 Å². The Morgan fingerprint density at radius 3 is 2.40 bits per heavy atom. The van der Waals surface area contributed by atoms with Crippen LogP contribution in [-0.4, -0.2) is 37.5 Å². The Labute approximate surface area is 129 Å². The molecule has 1 saturated carbocycles. The van der Waals surface area contributed by atoms with Gasteiger partial charge in [-0.2, -0.15) is 0 Å². The number of halogens is 2. The largest absolute Gasteiger partial charge is 0.393 e. The lowest BCUT2D eigenvalue weighted by Crippen LogP contribution is -2.34. The summed E-state index contributed by atoms with van der Waals surface area (Å²) in [5.41, 5.74) is 0. The van der Waals surface area contributed by atoms with Gasteiger partial charge in [-0.05, 0) is 30.9 Å². The minimum absolute atomic E-state index is 0.0314. The number of benzene rings is 1. The molecule has 2 unspecified atom stereocenters. The van der Waals surface area contributed by atoms with Gasteiger partial charge in [-0.3, -0.25) is 0 Å². The van der Waals surface area contributed by atoms with Crippen LogP contribution in [0.3, 0.4) is 0 Å². The molecule has 0 amide bonds. The molecule has 2 atom stereocenters. The normalized spacial score (nSPS) is 23.4. The maximum atomic E-state index is 12.5. The molecular weight excluding hydrogens is 321 g/mol. The van der Waals surface area contributed by atoms with E-state index in [4.69, 9.17) is 23.2 Å². The second-order valence-corrected chi connectivity index (χ2v) is 7.89. The molecule has 20 heavy (non-hydrogen) atoms. The lowest BCUT2D eigenvalue weighted by molar-refractivity contribution is 0.123. The van der Waals surface area contributed by atoms with E-state index < -0.39 is 16.1 Å². The number of nitrogens with zero attached hydrogens (tertiary/aromatic N) is 1. The molecule has 0 aromatic heterocycles. The molecule has 7 heteroatoms. The Kier molecular flexibility index (Phi) is 4.97. The van der Waals surface area contributed by atoms with Crippen LogP contribution < -0.4 is 0 Å². The van der Waals surface area contributed by atoms with Gasteiger partial charge in [-0.25, -0.2) is 12.7 Å². The van der Waals surface area contributed by atoms with Gasteiger partial charge < -0.3 is 5.11 Å². The molecule has 0 heterocycles. The molecule has 0 saturated heterocycles. The Morgan fingerprint density at radius 1 is 1.30 bits per heavy atom. The average molecular weight is 338 g/mol. The van der Waals surface area contributed by atoms with E-state index in [9.17, 15) is 13.5 Å². The van der Waals surface area contributed by atoms with Gasteiger partial charge in [-0.15, -0.1) is 0 Å². The van der Waals surface area contributed by atoms with E-state index in [1.165, 1.54) is 23.5 Å². The number of rotatable bonds is 4. The molecule has 0 bridgehead atoms. The maximum Gasteiger partial charge on any atom is 0.245 e. The van der Waals surface area contributed by atoms with Gasteiger partial charge in [-0.1, -0.05) is 35.7 Å². The van der Waals surface area contributed by atoms with Crippen LogP contribution >= 0.6 is 23.2 Å². The minimum atomic E-state index is -3.75. The molecule has 4 nitrogen and oxygen atoms in total. The molecule has 0 spiro atoms. The van der Waals surface area contributed by atoms with Crippen molar-refractivity contribution < 1.29 is 13.5 Å². The summed E-state index contributed by atoms with van der Waals surface area (Å²) in [5.74, 6) is -0.0314. The van der Waals surface area contributed by atoms with Crippen LogP contribution in [0.2, 0.25) is 10.0 Å². The first-order valence-electron chi connectivity index (χ1n) is 6.42. The van der Waals surface area contributed by atoms with Gasteiger partial charge >= 0.3 is 0 Å². The fourth-order valence-corrected chi connectivity index (χ4v) is 4.85. The maximum absolute atomic E-state index is 12.5. The smallest absolute Gasteiger partial charge is 0.245 e. The first-order valence-corrected chi connectivity index (χ1v) is 8.62.